The number of allylic oxidation sites excluding steroid dienone is 2. The van der Waals surface area contributed by atoms with Crippen LogP contribution in [0.2, 0.25) is 0 Å². The van der Waals surface area contributed by atoms with Crippen LogP contribution in [0, 0.1) is 11.8 Å². The van der Waals surface area contributed by atoms with Crippen LogP contribution in [0.3, 0.4) is 0 Å². The summed E-state index contributed by atoms with van der Waals surface area (Å²) in [5.74, 6) is -2.52. The average Bonchev–Trinajstić information content (AvgIpc) is 3.34. The number of amides is 2. The second-order valence-electron chi connectivity index (χ2n) is 7.70. The van der Waals surface area contributed by atoms with E-state index in [-0.39, 0.29) is 11.8 Å². The van der Waals surface area contributed by atoms with E-state index in [1.807, 2.05) is 18.2 Å². The van der Waals surface area contributed by atoms with Gasteiger partial charge in [0.05, 0.1) is 30.2 Å². The summed E-state index contributed by atoms with van der Waals surface area (Å²) in [6, 6.07) is 7.15. The molecule has 2 unspecified atom stereocenters. The number of carbonyl (C=O) groups is 3. The Kier molecular flexibility index (Phi) is 6.08. The lowest BCUT2D eigenvalue weighted by atomic mass is 9.82. The predicted octanol–water partition coefficient (Wildman–Crippen LogP) is 4.10. The van der Waals surface area contributed by atoms with Crippen LogP contribution in [0.4, 0.5) is 10.7 Å². The Morgan fingerprint density at radius 3 is 2.55 bits per heavy atom. The summed E-state index contributed by atoms with van der Waals surface area (Å²) >= 11 is 1.41. The highest BCUT2D eigenvalue weighted by Gasteiger charge is 2.35. The summed E-state index contributed by atoms with van der Waals surface area (Å²) < 4.78 is 5.32. The van der Waals surface area contributed by atoms with Crippen molar-refractivity contribution in [1.82, 2.24) is 0 Å². The van der Waals surface area contributed by atoms with Crippen LogP contribution < -0.4 is 15.4 Å². The molecule has 1 aromatic heterocycles. The summed E-state index contributed by atoms with van der Waals surface area (Å²) in [5, 5.41) is 15.8. The second-order valence-corrected chi connectivity index (χ2v) is 8.80. The van der Waals surface area contributed by atoms with Gasteiger partial charge in [-0.15, -0.1) is 11.3 Å². The topological polar surface area (TPSA) is 105 Å². The number of carbonyl (C=O) groups excluding carboxylic acids is 2. The molecular weight excluding hydrogens is 416 g/mol. The van der Waals surface area contributed by atoms with Crippen molar-refractivity contribution in [2.75, 3.05) is 17.7 Å². The van der Waals surface area contributed by atoms with E-state index in [2.05, 4.69) is 10.6 Å². The number of carboxylic acid groups (broad SMARTS) is 1. The molecule has 2 aromatic rings. The standard InChI is InChI=1S/C23H24N2O5S/c1-30-17-11-5-4-10-16(17)24-21(27)19-15-9-6-12-18(15)31-22(19)25-20(26)13-7-2-3-8-14(13)23(28)29/h2-5,10-11,13-14H,6-9,12H2,1H3,(H,24,27)(H,25,26)(H,28,29). The lowest BCUT2D eigenvalue weighted by Crippen LogP contribution is -2.35. The highest BCUT2D eigenvalue weighted by atomic mass is 32.1. The number of ether oxygens (including phenoxy) is 1. The van der Waals surface area contributed by atoms with Crippen LogP contribution in [-0.4, -0.2) is 30.0 Å². The zero-order chi connectivity index (χ0) is 22.0. The van der Waals surface area contributed by atoms with E-state index in [1.54, 1.807) is 18.2 Å². The molecule has 0 bridgehead atoms. The van der Waals surface area contributed by atoms with Crippen molar-refractivity contribution in [3.05, 3.63) is 52.4 Å². The molecule has 3 N–H and O–H groups in total. The van der Waals surface area contributed by atoms with E-state index in [4.69, 9.17) is 4.74 Å². The molecule has 2 atom stereocenters. The second kappa shape index (κ2) is 8.93. The number of thiophene rings is 1. The van der Waals surface area contributed by atoms with Crippen LogP contribution in [-0.2, 0) is 22.4 Å². The van der Waals surface area contributed by atoms with Gasteiger partial charge in [-0.3, -0.25) is 14.4 Å². The van der Waals surface area contributed by atoms with E-state index in [1.165, 1.54) is 18.4 Å². The SMILES string of the molecule is COc1ccccc1NC(=O)c1c(NC(=O)C2CC=CCC2C(=O)O)sc2c1CCC2. The normalized spacial score (nSPS) is 19.5. The molecule has 0 spiro atoms. The molecule has 2 amide bonds. The van der Waals surface area contributed by atoms with Gasteiger partial charge in [-0.2, -0.15) is 0 Å². The number of fused-ring (bicyclic) bond motifs is 1. The van der Waals surface area contributed by atoms with Crippen LogP contribution in [0.5, 0.6) is 5.75 Å². The Morgan fingerprint density at radius 2 is 1.81 bits per heavy atom. The molecule has 0 aliphatic heterocycles. The summed E-state index contributed by atoms with van der Waals surface area (Å²) in [6.07, 6.45) is 6.96. The van der Waals surface area contributed by atoms with Crippen molar-refractivity contribution < 1.29 is 24.2 Å². The third-order valence-corrected chi connectivity index (χ3v) is 7.03. The molecule has 2 aliphatic rings. The number of methoxy groups -OCH3 is 1. The first kappa shape index (κ1) is 21.1. The van der Waals surface area contributed by atoms with Gasteiger partial charge in [0, 0.05) is 4.88 Å². The molecule has 0 fully saturated rings. The number of nitrogens with one attached hydrogen (secondary N) is 2. The summed E-state index contributed by atoms with van der Waals surface area (Å²) in [6.45, 7) is 0. The van der Waals surface area contributed by atoms with E-state index in [0.29, 0.717) is 34.8 Å². The Labute approximate surface area is 184 Å². The number of aryl methyl sites for hydroxylation is 1. The van der Waals surface area contributed by atoms with Gasteiger partial charge in [0.25, 0.3) is 5.91 Å². The number of aliphatic carboxylic acids is 1. The smallest absolute Gasteiger partial charge is 0.307 e. The maximum absolute atomic E-state index is 13.2. The van der Waals surface area contributed by atoms with Gasteiger partial charge in [-0.1, -0.05) is 24.3 Å². The minimum atomic E-state index is -0.979. The molecule has 4 rings (SSSR count). The molecule has 31 heavy (non-hydrogen) atoms. The first-order valence-corrected chi connectivity index (χ1v) is 11.1. The minimum Gasteiger partial charge on any atom is -0.495 e. The summed E-state index contributed by atoms with van der Waals surface area (Å²) in [7, 11) is 1.54. The van der Waals surface area contributed by atoms with E-state index in [9.17, 15) is 19.5 Å². The average molecular weight is 441 g/mol. The molecule has 8 heteroatoms. The fourth-order valence-corrected chi connectivity index (χ4v) is 5.54. The van der Waals surface area contributed by atoms with E-state index < -0.39 is 17.8 Å². The van der Waals surface area contributed by atoms with Crippen molar-refractivity contribution in [2.45, 2.75) is 32.1 Å². The van der Waals surface area contributed by atoms with Crippen molar-refractivity contribution in [3.63, 3.8) is 0 Å². The third-order valence-electron chi connectivity index (χ3n) is 5.83. The van der Waals surface area contributed by atoms with Crippen molar-refractivity contribution in [3.8, 4) is 5.75 Å². The van der Waals surface area contributed by atoms with Gasteiger partial charge in [0.1, 0.15) is 10.8 Å². The van der Waals surface area contributed by atoms with Gasteiger partial charge >= 0.3 is 5.97 Å². The zero-order valence-electron chi connectivity index (χ0n) is 17.1. The lowest BCUT2D eigenvalue weighted by molar-refractivity contribution is -0.146. The fraction of sp³-hybridized carbons (Fsp3) is 0.348. The number of benzene rings is 1. The van der Waals surface area contributed by atoms with Gasteiger partial charge in [0.2, 0.25) is 5.91 Å². The van der Waals surface area contributed by atoms with E-state index in [0.717, 1.165) is 29.7 Å². The highest BCUT2D eigenvalue weighted by Crippen LogP contribution is 2.40. The van der Waals surface area contributed by atoms with E-state index >= 15 is 0 Å². The Hall–Kier alpha value is -3.13. The molecular formula is C23H24N2O5S. The third kappa shape index (κ3) is 4.20. The Morgan fingerprint density at radius 1 is 1.06 bits per heavy atom. The Balaban J connectivity index is 1.61. The Bertz CT molecular complexity index is 1060. The first-order chi connectivity index (χ1) is 15.0. The van der Waals surface area contributed by atoms with Crippen LogP contribution >= 0.6 is 11.3 Å². The summed E-state index contributed by atoms with van der Waals surface area (Å²) in [5.41, 5.74) is 1.98. The van der Waals surface area contributed by atoms with Gasteiger partial charge in [-0.05, 0) is 49.8 Å². The van der Waals surface area contributed by atoms with Crippen molar-refractivity contribution >= 4 is 39.8 Å². The number of rotatable bonds is 6. The molecule has 0 saturated heterocycles. The van der Waals surface area contributed by atoms with Gasteiger partial charge < -0.3 is 20.5 Å². The monoisotopic (exact) mass is 440 g/mol. The number of hydrogen-bond acceptors (Lipinski definition) is 5. The molecule has 0 radical (unpaired) electrons. The van der Waals surface area contributed by atoms with Gasteiger partial charge in [0.15, 0.2) is 0 Å². The molecule has 1 aromatic carbocycles. The first-order valence-electron chi connectivity index (χ1n) is 10.3. The zero-order valence-corrected chi connectivity index (χ0v) is 18.0. The maximum Gasteiger partial charge on any atom is 0.307 e. The largest absolute Gasteiger partial charge is 0.495 e. The van der Waals surface area contributed by atoms with Crippen LogP contribution in [0.25, 0.3) is 0 Å². The highest BCUT2D eigenvalue weighted by molar-refractivity contribution is 7.17. The number of para-hydroxylation sites is 2. The molecule has 0 saturated carbocycles. The lowest BCUT2D eigenvalue weighted by Gasteiger charge is -2.24. The minimum absolute atomic E-state index is 0.308. The van der Waals surface area contributed by atoms with Crippen LogP contribution in [0.1, 0.15) is 40.1 Å². The predicted molar refractivity (Wildman–Crippen MR) is 119 cm³/mol. The van der Waals surface area contributed by atoms with Crippen molar-refractivity contribution in [1.29, 1.82) is 0 Å². The molecule has 162 valence electrons. The quantitative estimate of drug-likeness (QED) is 0.587. The molecule has 7 nitrogen and oxygen atoms in total. The number of anilines is 2. The summed E-state index contributed by atoms with van der Waals surface area (Å²) in [4.78, 5) is 38.9. The maximum atomic E-state index is 13.2. The number of hydrogen-bond donors (Lipinski definition) is 3. The van der Waals surface area contributed by atoms with Crippen LogP contribution in [0.15, 0.2) is 36.4 Å². The molecule has 2 aliphatic carbocycles. The number of carboxylic acids is 1. The van der Waals surface area contributed by atoms with Crippen molar-refractivity contribution in [2.24, 2.45) is 11.8 Å². The fourth-order valence-electron chi connectivity index (χ4n) is 4.25. The van der Waals surface area contributed by atoms with Gasteiger partial charge in [-0.25, -0.2) is 0 Å². The molecule has 1 heterocycles.